The fourth-order valence-corrected chi connectivity index (χ4v) is 2.53. The molecule has 3 nitrogen and oxygen atoms in total. The van der Waals surface area contributed by atoms with Crippen LogP contribution >= 0.6 is 0 Å². The fraction of sp³-hybridized carbons (Fsp3) is 0.929. The van der Waals surface area contributed by atoms with E-state index in [0.29, 0.717) is 12.6 Å². The summed E-state index contributed by atoms with van der Waals surface area (Å²) in [6.45, 7) is 5.00. The zero-order valence-corrected chi connectivity index (χ0v) is 11.4. The SMILES string of the molecule is CC1CCCC(NC(=O)C(C)CCCN)CC1. The first kappa shape index (κ1) is 14.5. The normalized spacial score (nSPS) is 27.2. The smallest absolute Gasteiger partial charge is 0.223 e. The summed E-state index contributed by atoms with van der Waals surface area (Å²) in [7, 11) is 0. The van der Waals surface area contributed by atoms with Crippen molar-refractivity contribution in [3.63, 3.8) is 0 Å². The summed E-state index contributed by atoms with van der Waals surface area (Å²) in [6.07, 6.45) is 7.97. The standard InChI is InChI=1S/C14H28N2O/c1-11-5-3-7-13(9-8-11)16-14(17)12(2)6-4-10-15/h11-13H,3-10,15H2,1-2H3,(H,16,17). The van der Waals surface area contributed by atoms with Crippen LogP contribution in [0.3, 0.4) is 0 Å². The molecular weight excluding hydrogens is 212 g/mol. The first-order chi connectivity index (χ1) is 8.13. The van der Waals surface area contributed by atoms with Crippen molar-refractivity contribution in [3.8, 4) is 0 Å². The molecule has 0 saturated heterocycles. The van der Waals surface area contributed by atoms with Gasteiger partial charge in [0.05, 0.1) is 0 Å². The maximum Gasteiger partial charge on any atom is 0.223 e. The molecule has 1 rings (SSSR count). The summed E-state index contributed by atoms with van der Waals surface area (Å²) < 4.78 is 0. The lowest BCUT2D eigenvalue weighted by molar-refractivity contribution is -0.125. The van der Waals surface area contributed by atoms with Gasteiger partial charge in [0.15, 0.2) is 0 Å². The van der Waals surface area contributed by atoms with Gasteiger partial charge in [0.25, 0.3) is 0 Å². The average molecular weight is 240 g/mol. The van der Waals surface area contributed by atoms with E-state index in [9.17, 15) is 4.79 Å². The second-order valence-electron chi connectivity index (χ2n) is 5.65. The molecule has 0 heterocycles. The van der Waals surface area contributed by atoms with Gasteiger partial charge in [-0.05, 0) is 44.6 Å². The summed E-state index contributed by atoms with van der Waals surface area (Å²) in [5, 5.41) is 3.21. The van der Waals surface area contributed by atoms with Crippen LogP contribution in [0.4, 0.5) is 0 Å². The molecule has 1 aliphatic rings. The van der Waals surface area contributed by atoms with E-state index in [2.05, 4.69) is 12.2 Å². The van der Waals surface area contributed by atoms with Crippen molar-refractivity contribution < 1.29 is 4.79 Å². The van der Waals surface area contributed by atoms with E-state index in [1.165, 1.54) is 19.3 Å². The Kier molecular flexibility index (Phi) is 6.56. The molecule has 3 heteroatoms. The van der Waals surface area contributed by atoms with Gasteiger partial charge in [-0.25, -0.2) is 0 Å². The molecule has 1 amide bonds. The average Bonchev–Trinajstić information content (AvgIpc) is 2.51. The van der Waals surface area contributed by atoms with Crippen molar-refractivity contribution in [1.82, 2.24) is 5.32 Å². The molecule has 0 spiro atoms. The molecule has 0 aromatic carbocycles. The number of rotatable bonds is 5. The Labute approximate surface area is 106 Å². The van der Waals surface area contributed by atoms with Crippen LogP contribution in [-0.4, -0.2) is 18.5 Å². The number of hydrogen-bond acceptors (Lipinski definition) is 2. The summed E-state index contributed by atoms with van der Waals surface area (Å²) in [4.78, 5) is 12.0. The van der Waals surface area contributed by atoms with E-state index in [4.69, 9.17) is 5.73 Å². The number of amides is 1. The van der Waals surface area contributed by atoms with Crippen molar-refractivity contribution in [2.45, 2.75) is 64.8 Å². The minimum atomic E-state index is 0.110. The van der Waals surface area contributed by atoms with Gasteiger partial charge in [-0.2, -0.15) is 0 Å². The highest BCUT2D eigenvalue weighted by Crippen LogP contribution is 2.22. The minimum absolute atomic E-state index is 0.110. The van der Waals surface area contributed by atoms with E-state index >= 15 is 0 Å². The Balaban J connectivity index is 2.29. The summed E-state index contributed by atoms with van der Waals surface area (Å²) in [5.74, 6) is 1.16. The number of nitrogens with two attached hydrogens (primary N) is 1. The second kappa shape index (κ2) is 7.70. The summed E-state index contributed by atoms with van der Waals surface area (Å²) >= 11 is 0. The highest BCUT2D eigenvalue weighted by atomic mass is 16.1. The molecule has 1 aliphatic carbocycles. The molecule has 0 aromatic rings. The fourth-order valence-electron chi connectivity index (χ4n) is 2.53. The Morgan fingerprint density at radius 3 is 2.82 bits per heavy atom. The van der Waals surface area contributed by atoms with Gasteiger partial charge in [-0.3, -0.25) is 4.79 Å². The van der Waals surface area contributed by atoms with E-state index in [1.54, 1.807) is 0 Å². The van der Waals surface area contributed by atoms with Crippen molar-refractivity contribution in [3.05, 3.63) is 0 Å². The number of nitrogens with one attached hydrogen (secondary N) is 1. The zero-order chi connectivity index (χ0) is 12.7. The first-order valence-corrected chi connectivity index (χ1v) is 7.14. The van der Waals surface area contributed by atoms with Crippen molar-refractivity contribution in [1.29, 1.82) is 0 Å². The van der Waals surface area contributed by atoms with Gasteiger partial charge in [-0.15, -0.1) is 0 Å². The Bertz CT molecular complexity index is 230. The third-order valence-corrected chi connectivity index (χ3v) is 3.89. The largest absolute Gasteiger partial charge is 0.353 e. The lowest BCUT2D eigenvalue weighted by atomic mass is 10.0. The zero-order valence-electron chi connectivity index (χ0n) is 11.4. The maximum atomic E-state index is 12.0. The highest BCUT2D eigenvalue weighted by molar-refractivity contribution is 5.78. The number of carbonyl (C=O) groups excluding carboxylic acids is 1. The number of carbonyl (C=O) groups is 1. The molecule has 1 fully saturated rings. The molecule has 0 radical (unpaired) electrons. The van der Waals surface area contributed by atoms with Crippen LogP contribution < -0.4 is 11.1 Å². The lowest BCUT2D eigenvalue weighted by Gasteiger charge is -2.19. The van der Waals surface area contributed by atoms with Crippen LogP contribution in [-0.2, 0) is 4.79 Å². The first-order valence-electron chi connectivity index (χ1n) is 7.14. The third kappa shape index (κ3) is 5.53. The molecule has 3 N–H and O–H groups in total. The van der Waals surface area contributed by atoms with Crippen molar-refractivity contribution in [2.24, 2.45) is 17.6 Å². The lowest BCUT2D eigenvalue weighted by Crippen LogP contribution is -2.38. The summed E-state index contributed by atoms with van der Waals surface area (Å²) in [5.41, 5.74) is 5.47. The predicted octanol–water partition coefficient (Wildman–Crippen LogP) is 2.45. The predicted molar refractivity (Wildman–Crippen MR) is 71.6 cm³/mol. The van der Waals surface area contributed by atoms with Gasteiger partial charge < -0.3 is 11.1 Å². The van der Waals surface area contributed by atoms with E-state index < -0.39 is 0 Å². The maximum absolute atomic E-state index is 12.0. The topological polar surface area (TPSA) is 55.1 Å². The van der Waals surface area contributed by atoms with Crippen molar-refractivity contribution >= 4 is 5.91 Å². The van der Waals surface area contributed by atoms with E-state index in [1.807, 2.05) is 6.92 Å². The van der Waals surface area contributed by atoms with Crippen LogP contribution in [0.25, 0.3) is 0 Å². The minimum Gasteiger partial charge on any atom is -0.353 e. The van der Waals surface area contributed by atoms with Gasteiger partial charge in [0.2, 0.25) is 5.91 Å². The number of hydrogen-bond donors (Lipinski definition) is 2. The molecule has 0 bridgehead atoms. The molecule has 3 unspecified atom stereocenters. The monoisotopic (exact) mass is 240 g/mol. The van der Waals surface area contributed by atoms with Gasteiger partial charge in [-0.1, -0.05) is 26.7 Å². The Morgan fingerprint density at radius 2 is 2.12 bits per heavy atom. The third-order valence-electron chi connectivity index (χ3n) is 3.89. The molecule has 1 saturated carbocycles. The van der Waals surface area contributed by atoms with E-state index in [0.717, 1.165) is 31.6 Å². The molecule has 17 heavy (non-hydrogen) atoms. The molecule has 0 aliphatic heterocycles. The Hall–Kier alpha value is -0.570. The molecule has 0 aromatic heterocycles. The van der Waals surface area contributed by atoms with Crippen molar-refractivity contribution in [2.75, 3.05) is 6.54 Å². The van der Waals surface area contributed by atoms with Gasteiger partial charge in [0, 0.05) is 12.0 Å². The highest BCUT2D eigenvalue weighted by Gasteiger charge is 2.20. The van der Waals surface area contributed by atoms with Crippen LogP contribution in [0.5, 0.6) is 0 Å². The second-order valence-corrected chi connectivity index (χ2v) is 5.65. The quantitative estimate of drug-likeness (QED) is 0.725. The Morgan fingerprint density at radius 1 is 1.35 bits per heavy atom. The van der Waals surface area contributed by atoms with Crippen LogP contribution in [0, 0.1) is 11.8 Å². The summed E-state index contributed by atoms with van der Waals surface area (Å²) in [6, 6.07) is 0.410. The van der Waals surface area contributed by atoms with Gasteiger partial charge >= 0.3 is 0 Å². The van der Waals surface area contributed by atoms with Gasteiger partial charge in [0.1, 0.15) is 0 Å². The van der Waals surface area contributed by atoms with E-state index in [-0.39, 0.29) is 11.8 Å². The molecule has 100 valence electrons. The molecular formula is C14H28N2O. The van der Waals surface area contributed by atoms with Crippen LogP contribution in [0.2, 0.25) is 0 Å². The molecule has 3 atom stereocenters. The van der Waals surface area contributed by atoms with Crippen LogP contribution in [0.1, 0.15) is 58.8 Å². The van der Waals surface area contributed by atoms with Crippen LogP contribution in [0.15, 0.2) is 0 Å².